The molecule has 0 saturated carbocycles. The average molecular weight is 247 g/mol. The molecule has 1 saturated heterocycles. The fraction of sp³-hybridized carbons (Fsp3) is 1.00. The van der Waals surface area contributed by atoms with Crippen LogP contribution < -0.4 is 5.32 Å². The third-order valence-corrected chi connectivity index (χ3v) is 3.58. The van der Waals surface area contributed by atoms with Crippen molar-refractivity contribution in [2.24, 2.45) is 0 Å². The summed E-state index contributed by atoms with van der Waals surface area (Å²) in [4.78, 5) is 0. The summed E-state index contributed by atoms with van der Waals surface area (Å²) in [6.45, 7) is 6.77. The first-order chi connectivity index (χ1) is 7.93. The van der Waals surface area contributed by atoms with E-state index in [0.29, 0.717) is 6.10 Å². The second kappa shape index (κ2) is 10.4. The normalized spacial score (nSPS) is 20.4. The van der Waals surface area contributed by atoms with Gasteiger partial charge in [0, 0.05) is 13.2 Å². The van der Waals surface area contributed by atoms with E-state index in [1.807, 2.05) is 11.8 Å². The van der Waals surface area contributed by atoms with Crippen molar-refractivity contribution >= 4 is 11.8 Å². The van der Waals surface area contributed by atoms with Crippen LogP contribution in [0.25, 0.3) is 0 Å². The molecular weight excluding hydrogens is 222 g/mol. The molecule has 1 aliphatic heterocycles. The summed E-state index contributed by atoms with van der Waals surface area (Å²) in [5.74, 6) is 2.49. The Bertz CT molecular complexity index is 152. The lowest BCUT2D eigenvalue weighted by Crippen LogP contribution is -2.23. The van der Waals surface area contributed by atoms with Gasteiger partial charge in [-0.25, -0.2) is 0 Å². The SMILES string of the molecule is CCSCCCNCCOCC1CCCO1. The lowest BCUT2D eigenvalue weighted by atomic mass is 10.2. The van der Waals surface area contributed by atoms with Crippen LogP contribution in [0.3, 0.4) is 0 Å². The quantitative estimate of drug-likeness (QED) is 0.597. The molecule has 0 aliphatic carbocycles. The first kappa shape index (κ1) is 14.3. The Hall–Kier alpha value is 0.230. The largest absolute Gasteiger partial charge is 0.377 e. The van der Waals surface area contributed by atoms with E-state index in [2.05, 4.69) is 12.2 Å². The summed E-state index contributed by atoms with van der Waals surface area (Å²) in [5, 5.41) is 3.39. The summed E-state index contributed by atoms with van der Waals surface area (Å²) in [6, 6.07) is 0. The Morgan fingerprint density at radius 2 is 2.38 bits per heavy atom. The van der Waals surface area contributed by atoms with Crippen molar-refractivity contribution in [3.63, 3.8) is 0 Å². The highest BCUT2D eigenvalue weighted by atomic mass is 32.2. The van der Waals surface area contributed by atoms with E-state index in [1.54, 1.807) is 0 Å². The number of ether oxygens (including phenoxy) is 2. The van der Waals surface area contributed by atoms with Gasteiger partial charge in [-0.15, -0.1) is 0 Å². The van der Waals surface area contributed by atoms with Gasteiger partial charge in [-0.05, 0) is 37.3 Å². The molecule has 1 rings (SSSR count). The molecule has 16 heavy (non-hydrogen) atoms. The van der Waals surface area contributed by atoms with E-state index in [1.165, 1.54) is 30.8 Å². The summed E-state index contributed by atoms with van der Waals surface area (Å²) < 4.78 is 11.0. The van der Waals surface area contributed by atoms with Gasteiger partial charge < -0.3 is 14.8 Å². The smallest absolute Gasteiger partial charge is 0.0809 e. The van der Waals surface area contributed by atoms with Crippen molar-refractivity contribution in [3.05, 3.63) is 0 Å². The molecule has 0 spiro atoms. The summed E-state index contributed by atoms with van der Waals surface area (Å²) in [5.41, 5.74) is 0. The predicted molar refractivity (Wildman–Crippen MR) is 70.3 cm³/mol. The zero-order valence-corrected chi connectivity index (χ0v) is 11.2. The highest BCUT2D eigenvalue weighted by Gasteiger charge is 2.14. The molecule has 4 heteroatoms. The highest BCUT2D eigenvalue weighted by molar-refractivity contribution is 7.99. The summed E-state index contributed by atoms with van der Waals surface area (Å²) >= 11 is 2.01. The standard InChI is InChI=1S/C12H25NO2S/c1-2-16-10-4-6-13-7-9-14-11-12-5-3-8-15-12/h12-13H,2-11H2,1H3. The van der Waals surface area contributed by atoms with Crippen molar-refractivity contribution in [1.29, 1.82) is 0 Å². The van der Waals surface area contributed by atoms with E-state index in [-0.39, 0.29) is 0 Å². The molecular formula is C12H25NO2S. The van der Waals surface area contributed by atoms with Gasteiger partial charge in [0.2, 0.25) is 0 Å². The van der Waals surface area contributed by atoms with E-state index < -0.39 is 0 Å². The molecule has 0 bridgehead atoms. The van der Waals surface area contributed by atoms with E-state index in [0.717, 1.165) is 32.9 Å². The number of thioether (sulfide) groups is 1. The molecule has 0 aromatic rings. The fourth-order valence-electron chi connectivity index (χ4n) is 1.70. The molecule has 0 radical (unpaired) electrons. The van der Waals surface area contributed by atoms with Gasteiger partial charge in [-0.2, -0.15) is 11.8 Å². The van der Waals surface area contributed by atoms with Gasteiger partial charge in [-0.3, -0.25) is 0 Å². The molecule has 3 nitrogen and oxygen atoms in total. The van der Waals surface area contributed by atoms with Crippen molar-refractivity contribution in [1.82, 2.24) is 5.32 Å². The Kier molecular flexibility index (Phi) is 9.28. The van der Waals surface area contributed by atoms with E-state index in [4.69, 9.17) is 9.47 Å². The predicted octanol–water partition coefficient (Wildman–Crippen LogP) is 1.91. The summed E-state index contributed by atoms with van der Waals surface area (Å²) in [6.07, 6.45) is 3.98. The molecule has 0 aromatic heterocycles. The third-order valence-electron chi connectivity index (χ3n) is 2.60. The lowest BCUT2D eigenvalue weighted by Gasteiger charge is -2.10. The third kappa shape index (κ3) is 7.49. The van der Waals surface area contributed by atoms with Crippen LogP contribution in [-0.4, -0.2) is 50.5 Å². The van der Waals surface area contributed by atoms with Crippen LogP contribution in [-0.2, 0) is 9.47 Å². The first-order valence-corrected chi connectivity index (χ1v) is 7.56. The number of hydrogen-bond acceptors (Lipinski definition) is 4. The zero-order valence-electron chi connectivity index (χ0n) is 10.4. The molecule has 1 unspecified atom stereocenters. The van der Waals surface area contributed by atoms with Gasteiger partial charge in [0.15, 0.2) is 0 Å². The van der Waals surface area contributed by atoms with Gasteiger partial charge >= 0.3 is 0 Å². The molecule has 1 aliphatic rings. The molecule has 0 amide bonds. The van der Waals surface area contributed by atoms with Crippen LogP contribution >= 0.6 is 11.8 Å². The molecule has 1 heterocycles. The van der Waals surface area contributed by atoms with Crippen LogP contribution in [0.1, 0.15) is 26.2 Å². The van der Waals surface area contributed by atoms with Gasteiger partial charge in [0.05, 0.1) is 19.3 Å². The van der Waals surface area contributed by atoms with Crippen LogP contribution in [0.2, 0.25) is 0 Å². The average Bonchev–Trinajstić information content (AvgIpc) is 2.80. The van der Waals surface area contributed by atoms with E-state index in [9.17, 15) is 0 Å². The highest BCUT2D eigenvalue weighted by Crippen LogP contribution is 2.11. The van der Waals surface area contributed by atoms with Crippen molar-refractivity contribution < 1.29 is 9.47 Å². The Balaban J connectivity index is 1.71. The maximum Gasteiger partial charge on any atom is 0.0809 e. The number of hydrogen-bond donors (Lipinski definition) is 1. The molecule has 1 fully saturated rings. The van der Waals surface area contributed by atoms with Crippen molar-refractivity contribution in [2.45, 2.75) is 32.3 Å². The number of rotatable bonds is 10. The molecule has 1 atom stereocenters. The van der Waals surface area contributed by atoms with Crippen molar-refractivity contribution in [3.8, 4) is 0 Å². The molecule has 96 valence electrons. The Morgan fingerprint density at radius 3 is 3.12 bits per heavy atom. The first-order valence-electron chi connectivity index (χ1n) is 6.41. The van der Waals surface area contributed by atoms with Crippen LogP contribution in [0.5, 0.6) is 0 Å². The van der Waals surface area contributed by atoms with Gasteiger partial charge in [0.25, 0.3) is 0 Å². The second-order valence-electron chi connectivity index (χ2n) is 4.01. The zero-order chi connectivity index (χ0) is 11.5. The van der Waals surface area contributed by atoms with Crippen LogP contribution in [0.4, 0.5) is 0 Å². The Labute approximate surface area is 104 Å². The van der Waals surface area contributed by atoms with Crippen molar-refractivity contribution in [2.75, 3.05) is 44.4 Å². The lowest BCUT2D eigenvalue weighted by molar-refractivity contribution is 0.0184. The molecule has 0 aromatic carbocycles. The van der Waals surface area contributed by atoms with Crippen LogP contribution in [0, 0.1) is 0 Å². The monoisotopic (exact) mass is 247 g/mol. The van der Waals surface area contributed by atoms with E-state index >= 15 is 0 Å². The molecule has 1 N–H and O–H groups in total. The topological polar surface area (TPSA) is 30.5 Å². The minimum atomic E-state index is 0.362. The Morgan fingerprint density at radius 1 is 1.44 bits per heavy atom. The second-order valence-corrected chi connectivity index (χ2v) is 5.40. The van der Waals surface area contributed by atoms with Gasteiger partial charge in [0.1, 0.15) is 0 Å². The minimum Gasteiger partial charge on any atom is -0.377 e. The van der Waals surface area contributed by atoms with Gasteiger partial charge in [-0.1, -0.05) is 6.92 Å². The minimum absolute atomic E-state index is 0.362. The summed E-state index contributed by atoms with van der Waals surface area (Å²) in [7, 11) is 0. The maximum atomic E-state index is 5.55. The maximum absolute atomic E-state index is 5.55. The number of nitrogens with one attached hydrogen (secondary N) is 1. The fourth-order valence-corrected chi connectivity index (χ4v) is 2.34. The van der Waals surface area contributed by atoms with Crippen LogP contribution in [0.15, 0.2) is 0 Å².